The van der Waals surface area contributed by atoms with E-state index in [0.717, 1.165) is 12.8 Å². The van der Waals surface area contributed by atoms with E-state index < -0.39 is 0 Å². The van der Waals surface area contributed by atoms with Gasteiger partial charge in [0.15, 0.2) is 0 Å². The maximum Gasteiger partial charge on any atom is 0.311 e. The Bertz CT molecular complexity index is 211. The fourth-order valence-electron chi connectivity index (χ4n) is 1.39. The molecule has 0 N–H and O–H groups in total. The van der Waals surface area contributed by atoms with Crippen molar-refractivity contribution in [3.63, 3.8) is 0 Å². The van der Waals surface area contributed by atoms with Crippen LogP contribution in [0.4, 0.5) is 0 Å². The first-order valence-corrected chi connectivity index (χ1v) is 5.79. The molecule has 0 aliphatic rings. The molecule has 0 spiro atoms. The van der Waals surface area contributed by atoms with E-state index in [4.69, 9.17) is 4.74 Å². The van der Waals surface area contributed by atoms with Gasteiger partial charge in [-0.3, -0.25) is 4.79 Å². The molecule has 0 amide bonds. The third-order valence-electron chi connectivity index (χ3n) is 2.64. The predicted octanol–water partition coefficient (Wildman–Crippen LogP) is 3.79. The lowest BCUT2D eigenvalue weighted by Gasteiger charge is -2.27. The van der Waals surface area contributed by atoms with E-state index in [2.05, 4.69) is 20.8 Å². The zero-order valence-electron chi connectivity index (χ0n) is 11.3. The summed E-state index contributed by atoms with van der Waals surface area (Å²) < 4.78 is 5.44. The largest absolute Gasteiger partial charge is 0.462 e. The highest BCUT2D eigenvalue weighted by atomic mass is 16.5. The summed E-state index contributed by atoms with van der Waals surface area (Å²) in [6.45, 7) is 14.3. The van der Waals surface area contributed by atoms with Crippen LogP contribution in [0.15, 0.2) is 0 Å². The molecule has 2 nitrogen and oxygen atoms in total. The molecule has 2 heteroatoms. The molecule has 1 unspecified atom stereocenters. The van der Waals surface area contributed by atoms with Crippen molar-refractivity contribution in [3.05, 3.63) is 0 Å². The Morgan fingerprint density at radius 1 is 1.20 bits per heavy atom. The van der Waals surface area contributed by atoms with E-state index >= 15 is 0 Å². The van der Waals surface area contributed by atoms with Crippen LogP contribution in [0.25, 0.3) is 0 Å². The van der Waals surface area contributed by atoms with Crippen molar-refractivity contribution in [2.75, 3.05) is 0 Å². The summed E-state index contributed by atoms with van der Waals surface area (Å²) in [5, 5.41) is 0. The normalized spacial score (nSPS) is 14.9. The van der Waals surface area contributed by atoms with Crippen molar-refractivity contribution >= 4 is 5.97 Å². The van der Waals surface area contributed by atoms with E-state index in [1.165, 1.54) is 0 Å². The topological polar surface area (TPSA) is 26.3 Å². The fraction of sp³-hybridized carbons (Fsp3) is 0.923. The van der Waals surface area contributed by atoms with Crippen LogP contribution < -0.4 is 0 Å². The van der Waals surface area contributed by atoms with Crippen molar-refractivity contribution in [1.29, 1.82) is 0 Å². The quantitative estimate of drug-likeness (QED) is 0.665. The zero-order valence-corrected chi connectivity index (χ0v) is 11.3. The molecular weight excluding hydrogens is 188 g/mol. The molecule has 0 aromatic carbocycles. The van der Waals surface area contributed by atoms with E-state index in [0.29, 0.717) is 0 Å². The van der Waals surface area contributed by atoms with Gasteiger partial charge in [0, 0.05) is 0 Å². The standard InChI is InChI=1S/C13H26O2/c1-8-13(6,7)11(14)15-10(2)9-12(3,4)5/h10H,8-9H2,1-7H3. The second kappa shape index (κ2) is 5.00. The van der Waals surface area contributed by atoms with E-state index in [9.17, 15) is 4.79 Å². The fourth-order valence-corrected chi connectivity index (χ4v) is 1.39. The summed E-state index contributed by atoms with van der Waals surface area (Å²) in [5.41, 5.74) is -0.151. The summed E-state index contributed by atoms with van der Waals surface area (Å²) in [4.78, 5) is 11.8. The molecule has 0 aromatic rings. The second-order valence-electron chi connectivity index (χ2n) is 6.22. The van der Waals surface area contributed by atoms with Gasteiger partial charge in [0.05, 0.1) is 11.5 Å². The molecule has 90 valence electrons. The third-order valence-corrected chi connectivity index (χ3v) is 2.64. The van der Waals surface area contributed by atoms with Crippen LogP contribution >= 0.6 is 0 Å². The van der Waals surface area contributed by atoms with Gasteiger partial charge in [-0.1, -0.05) is 27.7 Å². The number of hydrogen-bond donors (Lipinski definition) is 0. The smallest absolute Gasteiger partial charge is 0.311 e. The minimum Gasteiger partial charge on any atom is -0.462 e. The molecule has 1 atom stereocenters. The van der Waals surface area contributed by atoms with Crippen molar-refractivity contribution in [2.24, 2.45) is 10.8 Å². The lowest BCUT2D eigenvalue weighted by Crippen LogP contribution is -2.30. The van der Waals surface area contributed by atoms with Crippen LogP contribution in [0.3, 0.4) is 0 Å². The minimum absolute atomic E-state index is 0.00308. The van der Waals surface area contributed by atoms with Gasteiger partial charge in [-0.15, -0.1) is 0 Å². The second-order valence-corrected chi connectivity index (χ2v) is 6.22. The van der Waals surface area contributed by atoms with Crippen molar-refractivity contribution < 1.29 is 9.53 Å². The summed E-state index contributed by atoms with van der Waals surface area (Å²) in [7, 11) is 0. The van der Waals surface area contributed by atoms with Gasteiger partial charge in [-0.25, -0.2) is 0 Å². The highest BCUT2D eigenvalue weighted by Crippen LogP contribution is 2.26. The van der Waals surface area contributed by atoms with Crippen LogP contribution in [-0.4, -0.2) is 12.1 Å². The first-order valence-electron chi connectivity index (χ1n) is 5.79. The number of hydrogen-bond acceptors (Lipinski definition) is 2. The van der Waals surface area contributed by atoms with Gasteiger partial charge in [0.1, 0.15) is 0 Å². The molecule has 0 saturated carbocycles. The van der Waals surface area contributed by atoms with Gasteiger partial charge in [0.25, 0.3) is 0 Å². The average molecular weight is 214 g/mol. The van der Waals surface area contributed by atoms with Crippen LogP contribution in [0.2, 0.25) is 0 Å². The summed E-state index contributed by atoms with van der Waals surface area (Å²) in [6.07, 6.45) is 1.72. The molecule has 0 heterocycles. The maximum absolute atomic E-state index is 11.8. The van der Waals surface area contributed by atoms with E-state index in [1.807, 2.05) is 27.7 Å². The average Bonchev–Trinajstić information content (AvgIpc) is 2.00. The summed E-state index contributed by atoms with van der Waals surface area (Å²) in [6, 6.07) is 0. The molecular formula is C13H26O2. The maximum atomic E-state index is 11.8. The van der Waals surface area contributed by atoms with E-state index in [-0.39, 0.29) is 22.9 Å². The van der Waals surface area contributed by atoms with Crippen molar-refractivity contribution in [3.8, 4) is 0 Å². The highest BCUT2D eigenvalue weighted by Gasteiger charge is 2.29. The Labute approximate surface area is 94.4 Å². The third kappa shape index (κ3) is 5.81. The van der Waals surface area contributed by atoms with Gasteiger partial charge in [0.2, 0.25) is 0 Å². The van der Waals surface area contributed by atoms with Crippen LogP contribution in [0, 0.1) is 10.8 Å². The minimum atomic E-state index is -0.355. The van der Waals surface area contributed by atoms with Crippen LogP contribution in [0.1, 0.15) is 61.3 Å². The van der Waals surface area contributed by atoms with Gasteiger partial charge in [-0.2, -0.15) is 0 Å². The predicted molar refractivity (Wildman–Crippen MR) is 63.7 cm³/mol. The molecule has 0 bridgehead atoms. The number of ether oxygens (including phenoxy) is 1. The lowest BCUT2D eigenvalue weighted by atomic mass is 9.88. The van der Waals surface area contributed by atoms with Crippen LogP contribution in [-0.2, 0) is 9.53 Å². The molecule has 0 aliphatic carbocycles. The Hall–Kier alpha value is -0.530. The van der Waals surface area contributed by atoms with Crippen LogP contribution in [0.5, 0.6) is 0 Å². The highest BCUT2D eigenvalue weighted by molar-refractivity contribution is 5.75. The lowest BCUT2D eigenvalue weighted by molar-refractivity contribution is -0.160. The Morgan fingerprint density at radius 2 is 1.67 bits per heavy atom. The first-order chi connectivity index (χ1) is 6.58. The first kappa shape index (κ1) is 14.5. The van der Waals surface area contributed by atoms with E-state index in [1.54, 1.807) is 0 Å². The molecule has 0 radical (unpaired) electrons. The van der Waals surface area contributed by atoms with Gasteiger partial charge in [-0.05, 0) is 39.0 Å². The Kier molecular flexibility index (Phi) is 4.82. The Balaban J connectivity index is 4.20. The van der Waals surface area contributed by atoms with Crippen molar-refractivity contribution in [2.45, 2.75) is 67.4 Å². The molecule has 0 aliphatic heterocycles. The molecule has 0 aromatic heterocycles. The SMILES string of the molecule is CCC(C)(C)C(=O)OC(C)CC(C)(C)C. The summed E-state index contributed by atoms with van der Waals surface area (Å²) in [5.74, 6) is -0.0817. The molecule has 0 fully saturated rings. The van der Waals surface area contributed by atoms with Gasteiger partial charge < -0.3 is 4.74 Å². The molecule has 15 heavy (non-hydrogen) atoms. The van der Waals surface area contributed by atoms with Gasteiger partial charge >= 0.3 is 5.97 Å². The number of rotatable bonds is 4. The molecule has 0 saturated heterocycles. The Morgan fingerprint density at radius 3 is 2.00 bits per heavy atom. The zero-order chi connectivity index (χ0) is 12.3. The number of carbonyl (C=O) groups is 1. The van der Waals surface area contributed by atoms with Crippen molar-refractivity contribution in [1.82, 2.24) is 0 Å². The number of carbonyl (C=O) groups excluding carboxylic acids is 1. The summed E-state index contributed by atoms with van der Waals surface area (Å²) >= 11 is 0. The monoisotopic (exact) mass is 214 g/mol. The number of esters is 1. The molecule has 0 rings (SSSR count).